The number of amides is 3. The summed E-state index contributed by atoms with van der Waals surface area (Å²) in [7, 11) is 1.53. The van der Waals surface area contributed by atoms with Gasteiger partial charge in [-0.25, -0.2) is 0 Å². The van der Waals surface area contributed by atoms with E-state index in [0.29, 0.717) is 23.3 Å². The quantitative estimate of drug-likeness (QED) is 0.661. The largest absolute Gasteiger partial charge is 0.495 e. The van der Waals surface area contributed by atoms with Crippen LogP contribution in [0.25, 0.3) is 0 Å². The number of rotatable bonds is 4. The van der Waals surface area contributed by atoms with Crippen LogP contribution < -0.4 is 10.1 Å². The van der Waals surface area contributed by atoms with Crippen molar-refractivity contribution in [2.24, 2.45) is 35.5 Å². The molecule has 1 N–H and O–H groups in total. The zero-order chi connectivity index (χ0) is 18.0. The zero-order valence-corrected chi connectivity index (χ0v) is 14.4. The molecular weight excluding hydrogens is 332 g/mol. The Morgan fingerprint density at radius 1 is 1.12 bits per heavy atom. The number of para-hydroxylation sites is 2. The van der Waals surface area contributed by atoms with E-state index in [0.717, 1.165) is 11.3 Å². The molecule has 0 spiro atoms. The van der Waals surface area contributed by atoms with Crippen LogP contribution in [0, 0.1) is 35.5 Å². The van der Waals surface area contributed by atoms with Crippen molar-refractivity contribution in [1.29, 1.82) is 0 Å². The van der Waals surface area contributed by atoms with Gasteiger partial charge in [0.2, 0.25) is 17.7 Å². The second-order valence-corrected chi connectivity index (χ2v) is 7.67. The minimum absolute atomic E-state index is 0.175. The summed E-state index contributed by atoms with van der Waals surface area (Å²) in [6.45, 7) is -0.239. The molecule has 1 aromatic rings. The average Bonchev–Trinajstić information content (AvgIpc) is 3.43. The van der Waals surface area contributed by atoms with Crippen LogP contribution in [0.1, 0.15) is 6.42 Å². The van der Waals surface area contributed by atoms with Crippen molar-refractivity contribution in [3.8, 4) is 5.75 Å². The maximum atomic E-state index is 12.9. The summed E-state index contributed by atoms with van der Waals surface area (Å²) in [4.78, 5) is 39.4. The fourth-order valence-electron chi connectivity index (χ4n) is 5.26. The highest BCUT2D eigenvalue weighted by Crippen LogP contribution is 2.65. The standard InChI is InChI=1S/C20H20N2O4/c1-26-15-5-3-2-4-14(15)21-16(23)9-22-19(24)17-10-6-7-11(13-8-12(10)13)18(17)20(22)25/h2-7,10-13,17-18H,8-9H2,1H3,(H,21,23)/t10-,11-,12-,13-,17-,18+/m1/s1. The third-order valence-corrected chi connectivity index (χ3v) is 6.44. The molecule has 6 heteroatoms. The molecule has 1 aliphatic heterocycles. The van der Waals surface area contributed by atoms with Crippen LogP contribution in [0.5, 0.6) is 5.75 Å². The molecule has 6 nitrogen and oxygen atoms in total. The van der Waals surface area contributed by atoms with Crippen LogP contribution in [0.4, 0.5) is 5.69 Å². The third kappa shape index (κ3) is 2.08. The van der Waals surface area contributed by atoms with Crippen molar-refractivity contribution in [3.05, 3.63) is 36.4 Å². The monoisotopic (exact) mass is 352 g/mol. The first kappa shape index (κ1) is 15.6. The molecule has 0 aromatic heterocycles. The predicted octanol–water partition coefficient (Wildman–Crippen LogP) is 1.69. The Morgan fingerprint density at radius 3 is 2.35 bits per heavy atom. The van der Waals surface area contributed by atoms with Gasteiger partial charge in [-0.15, -0.1) is 0 Å². The minimum Gasteiger partial charge on any atom is -0.495 e. The number of imide groups is 1. The van der Waals surface area contributed by atoms with Gasteiger partial charge in [0, 0.05) is 0 Å². The number of hydrogen-bond donors (Lipinski definition) is 1. The SMILES string of the molecule is COc1ccccc1NC(=O)CN1C(=O)[C@@H]2[C@@H]3C=C[C@H]([C@H]4C[C@H]34)[C@@H]2C1=O. The van der Waals surface area contributed by atoms with E-state index in [1.54, 1.807) is 24.3 Å². The van der Waals surface area contributed by atoms with E-state index in [4.69, 9.17) is 4.74 Å². The molecule has 6 atom stereocenters. The van der Waals surface area contributed by atoms with E-state index in [2.05, 4.69) is 17.5 Å². The van der Waals surface area contributed by atoms with E-state index >= 15 is 0 Å². The second-order valence-electron chi connectivity index (χ2n) is 7.67. The van der Waals surface area contributed by atoms with Crippen molar-refractivity contribution in [2.75, 3.05) is 19.0 Å². The minimum atomic E-state index is -0.389. The highest BCUT2D eigenvalue weighted by molar-refractivity contribution is 6.09. The lowest BCUT2D eigenvalue weighted by atomic mass is 9.63. The Balaban J connectivity index is 1.33. The van der Waals surface area contributed by atoms with E-state index in [9.17, 15) is 14.4 Å². The van der Waals surface area contributed by atoms with Gasteiger partial charge in [0.1, 0.15) is 12.3 Å². The van der Waals surface area contributed by atoms with E-state index in [1.807, 2.05) is 0 Å². The van der Waals surface area contributed by atoms with E-state index in [1.165, 1.54) is 7.11 Å². The van der Waals surface area contributed by atoms with Gasteiger partial charge >= 0.3 is 0 Å². The Morgan fingerprint density at radius 2 is 1.73 bits per heavy atom. The van der Waals surface area contributed by atoms with Crippen LogP contribution in [0.3, 0.4) is 0 Å². The maximum Gasteiger partial charge on any atom is 0.244 e. The van der Waals surface area contributed by atoms with Gasteiger partial charge < -0.3 is 10.1 Å². The average molecular weight is 352 g/mol. The summed E-state index contributed by atoms with van der Waals surface area (Å²) < 4.78 is 5.22. The van der Waals surface area contributed by atoms with Gasteiger partial charge in [0.15, 0.2) is 0 Å². The Labute approximate surface area is 151 Å². The fraction of sp³-hybridized carbons (Fsp3) is 0.450. The smallest absolute Gasteiger partial charge is 0.244 e. The molecule has 2 saturated carbocycles. The van der Waals surface area contributed by atoms with Crippen LogP contribution in [0.2, 0.25) is 0 Å². The zero-order valence-electron chi connectivity index (χ0n) is 14.4. The molecule has 26 heavy (non-hydrogen) atoms. The summed E-state index contributed by atoms with van der Waals surface area (Å²) in [5.41, 5.74) is 0.527. The normalized spacial score (nSPS) is 36.0. The number of carbonyl (C=O) groups is 3. The first-order chi connectivity index (χ1) is 12.6. The number of anilines is 1. The van der Waals surface area contributed by atoms with Gasteiger partial charge in [-0.2, -0.15) is 0 Å². The molecule has 3 fully saturated rings. The van der Waals surface area contributed by atoms with Gasteiger partial charge in [-0.05, 0) is 42.2 Å². The van der Waals surface area contributed by atoms with E-state index in [-0.39, 0.29) is 47.9 Å². The summed E-state index contributed by atoms with van der Waals surface area (Å²) in [5.74, 6) is 0.731. The molecule has 2 bridgehead atoms. The number of methoxy groups -OCH3 is 1. The second kappa shape index (κ2) is 5.43. The van der Waals surface area contributed by atoms with Crippen molar-refractivity contribution in [2.45, 2.75) is 6.42 Å². The number of likely N-dealkylation sites (tertiary alicyclic amines) is 1. The molecule has 1 saturated heterocycles. The van der Waals surface area contributed by atoms with Crippen molar-refractivity contribution in [3.63, 3.8) is 0 Å². The van der Waals surface area contributed by atoms with Crippen LogP contribution in [-0.2, 0) is 14.4 Å². The maximum absolute atomic E-state index is 12.9. The Kier molecular flexibility index (Phi) is 3.26. The molecular formula is C20H20N2O4. The molecule has 0 radical (unpaired) electrons. The molecule has 134 valence electrons. The van der Waals surface area contributed by atoms with Gasteiger partial charge in [-0.3, -0.25) is 19.3 Å². The van der Waals surface area contributed by atoms with Crippen LogP contribution in [0.15, 0.2) is 36.4 Å². The number of nitrogens with zero attached hydrogens (tertiary/aromatic N) is 1. The van der Waals surface area contributed by atoms with Gasteiger partial charge in [0.05, 0.1) is 24.6 Å². The lowest BCUT2D eigenvalue weighted by Crippen LogP contribution is -2.40. The highest BCUT2D eigenvalue weighted by Gasteiger charge is 2.67. The highest BCUT2D eigenvalue weighted by atomic mass is 16.5. The number of allylic oxidation sites excluding steroid dienone is 2. The summed E-state index contributed by atoms with van der Waals surface area (Å²) in [5, 5.41) is 2.74. The first-order valence-corrected chi connectivity index (χ1v) is 9.06. The van der Waals surface area contributed by atoms with Crippen molar-refractivity contribution in [1.82, 2.24) is 4.90 Å². The summed E-state index contributed by atoms with van der Waals surface area (Å²) in [6, 6.07) is 7.06. The molecule has 1 aromatic carbocycles. The van der Waals surface area contributed by atoms with Gasteiger partial charge in [-0.1, -0.05) is 24.3 Å². The summed E-state index contributed by atoms with van der Waals surface area (Å²) >= 11 is 0. The lowest BCUT2D eigenvalue weighted by molar-refractivity contribution is -0.142. The number of nitrogens with one attached hydrogen (secondary N) is 1. The van der Waals surface area contributed by atoms with Crippen LogP contribution in [-0.4, -0.2) is 36.3 Å². The van der Waals surface area contributed by atoms with Crippen LogP contribution >= 0.6 is 0 Å². The number of benzene rings is 1. The molecule has 5 aliphatic rings. The topological polar surface area (TPSA) is 75.7 Å². The fourth-order valence-corrected chi connectivity index (χ4v) is 5.26. The lowest BCUT2D eigenvalue weighted by Gasteiger charge is -2.37. The van der Waals surface area contributed by atoms with Crippen molar-refractivity contribution < 1.29 is 19.1 Å². The Hall–Kier alpha value is -2.63. The molecule has 3 amide bonds. The van der Waals surface area contributed by atoms with Gasteiger partial charge in [0.25, 0.3) is 0 Å². The van der Waals surface area contributed by atoms with Crippen molar-refractivity contribution >= 4 is 23.4 Å². The predicted molar refractivity (Wildman–Crippen MR) is 93.0 cm³/mol. The molecule has 6 rings (SSSR count). The third-order valence-electron chi connectivity index (χ3n) is 6.44. The first-order valence-electron chi connectivity index (χ1n) is 9.06. The molecule has 0 unspecified atom stereocenters. The number of carbonyl (C=O) groups excluding carboxylic acids is 3. The number of hydrogen-bond acceptors (Lipinski definition) is 4. The van der Waals surface area contributed by atoms with E-state index < -0.39 is 0 Å². The molecule has 1 heterocycles. The summed E-state index contributed by atoms with van der Waals surface area (Å²) in [6.07, 6.45) is 5.39. The molecule has 4 aliphatic carbocycles. The number of ether oxygens (including phenoxy) is 1. The Bertz CT molecular complexity index is 812.